The summed E-state index contributed by atoms with van der Waals surface area (Å²) >= 11 is 3.46. The fraction of sp³-hybridized carbons (Fsp3) is 0.316. The van der Waals surface area contributed by atoms with Gasteiger partial charge in [0.15, 0.2) is 0 Å². The second-order valence-electron chi connectivity index (χ2n) is 5.80. The highest BCUT2D eigenvalue weighted by molar-refractivity contribution is 7.99. The molecule has 0 aromatic heterocycles. The molecule has 25 heavy (non-hydrogen) atoms. The maximum atomic E-state index is 12.5. The van der Waals surface area contributed by atoms with Crippen LogP contribution in [0.3, 0.4) is 0 Å². The SMILES string of the molecule is CSc1ccc(NC(=O)N2CCN(c3ccccc3SC)CC2)cc1. The molecule has 2 aromatic carbocycles. The molecule has 4 nitrogen and oxygen atoms in total. The van der Waals surface area contributed by atoms with Gasteiger partial charge in [0.05, 0.1) is 5.69 Å². The van der Waals surface area contributed by atoms with Gasteiger partial charge in [-0.3, -0.25) is 0 Å². The molecular formula is C19H23N3OS2. The van der Waals surface area contributed by atoms with Crippen molar-refractivity contribution < 1.29 is 4.79 Å². The maximum absolute atomic E-state index is 12.5. The summed E-state index contributed by atoms with van der Waals surface area (Å²) in [6, 6.07) is 16.4. The van der Waals surface area contributed by atoms with Gasteiger partial charge >= 0.3 is 6.03 Å². The summed E-state index contributed by atoms with van der Waals surface area (Å²) in [5.74, 6) is 0. The molecule has 0 bridgehead atoms. The first-order chi connectivity index (χ1) is 12.2. The molecule has 6 heteroatoms. The Morgan fingerprint density at radius 2 is 1.60 bits per heavy atom. The van der Waals surface area contributed by atoms with Crippen molar-refractivity contribution in [2.24, 2.45) is 0 Å². The second kappa shape index (κ2) is 8.54. The number of benzene rings is 2. The third-order valence-corrected chi connectivity index (χ3v) is 5.86. The fourth-order valence-electron chi connectivity index (χ4n) is 2.92. The lowest BCUT2D eigenvalue weighted by Crippen LogP contribution is -2.50. The third kappa shape index (κ3) is 4.44. The monoisotopic (exact) mass is 373 g/mol. The van der Waals surface area contributed by atoms with E-state index in [0.717, 1.165) is 31.9 Å². The summed E-state index contributed by atoms with van der Waals surface area (Å²) in [5, 5.41) is 3.00. The van der Waals surface area contributed by atoms with Crippen LogP contribution in [0.15, 0.2) is 58.3 Å². The number of rotatable bonds is 4. The summed E-state index contributed by atoms with van der Waals surface area (Å²) in [6.07, 6.45) is 4.15. The largest absolute Gasteiger partial charge is 0.367 e. The lowest BCUT2D eigenvalue weighted by atomic mass is 10.2. The topological polar surface area (TPSA) is 35.6 Å². The summed E-state index contributed by atoms with van der Waals surface area (Å²) in [5.41, 5.74) is 2.11. The molecule has 1 fully saturated rings. The van der Waals surface area contributed by atoms with Crippen LogP contribution in [0.4, 0.5) is 16.2 Å². The van der Waals surface area contributed by atoms with Gasteiger partial charge in [-0.05, 0) is 48.9 Å². The molecule has 2 aromatic rings. The van der Waals surface area contributed by atoms with Gasteiger partial charge < -0.3 is 15.1 Å². The predicted molar refractivity (Wildman–Crippen MR) is 109 cm³/mol. The van der Waals surface area contributed by atoms with E-state index < -0.39 is 0 Å². The molecule has 0 aliphatic carbocycles. The second-order valence-corrected chi connectivity index (χ2v) is 7.53. The van der Waals surface area contributed by atoms with Gasteiger partial charge in [0.2, 0.25) is 0 Å². The van der Waals surface area contributed by atoms with Crippen molar-refractivity contribution >= 4 is 40.9 Å². The van der Waals surface area contributed by atoms with E-state index in [0.29, 0.717) is 0 Å². The normalized spacial score (nSPS) is 14.5. The maximum Gasteiger partial charge on any atom is 0.321 e. The van der Waals surface area contributed by atoms with Crippen LogP contribution in [0.2, 0.25) is 0 Å². The first kappa shape index (κ1) is 18.0. The van der Waals surface area contributed by atoms with Gasteiger partial charge in [0, 0.05) is 41.7 Å². The summed E-state index contributed by atoms with van der Waals surface area (Å²) in [4.78, 5) is 19.2. The number of para-hydroxylation sites is 1. The van der Waals surface area contributed by atoms with Crippen molar-refractivity contribution in [2.45, 2.75) is 9.79 Å². The van der Waals surface area contributed by atoms with E-state index in [9.17, 15) is 4.79 Å². The molecule has 0 unspecified atom stereocenters. The van der Waals surface area contributed by atoms with E-state index in [4.69, 9.17) is 0 Å². The van der Waals surface area contributed by atoms with E-state index >= 15 is 0 Å². The number of hydrogen-bond donors (Lipinski definition) is 1. The number of piperazine rings is 1. The first-order valence-corrected chi connectivity index (χ1v) is 10.7. The van der Waals surface area contributed by atoms with E-state index in [-0.39, 0.29) is 6.03 Å². The average Bonchev–Trinajstić information content (AvgIpc) is 2.68. The zero-order chi connectivity index (χ0) is 17.6. The molecule has 1 aliphatic rings. The van der Waals surface area contributed by atoms with E-state index in [1.165, 1.54) is 15.5 Å². The van der Waals surface area contributed by atoms with Crippen LogP contribution >= 0.6 is 23.5 Å². The Kier molecular flexibility index (Phi) is 6.15. The molecule has 1 N–H and O–H groups in total. The number of nitrogens with zero attached hydrogens (tertiary/aromatic N) is 2. The minimum atomic E-state index is -0.0188. The number of hydrogen-bond acceptors (Lipinski definition) is 4. The highest BCUT2D eigenvalue weighted by Crippen LogP contribution is 2.29. The Balaban J connectivity index is 1.57. The van der Waals surface area contributed by atoms with E-state index in [1.807, 2.05) is 35.4 Å². The quantitative estimate of drug-likeness (QED) is 0.801. The average molecular weight is 374 g/mol. The highest BCUT2D eigenvalue weighted by atomic mass is 32.2. The molecule has 1 aliphatic heterocycles. The number of carbonyl (C=O) groups excluding carboxylic acids is 1. The van der Waals surface area contributed by atoms with Crippen LogP contribution in [0.1, 0.15) is 0 Å². The molecule has 2 amide bonds. The summed E-state index contributed by atoms with van der Waals surface area (Å²) < 4.78 is 0. The molecule has 1 heterocycles. The van der Waals surface area contributed by atoms with Crippen LogP contribution in [0, 0.1) is 0 Å². The highest BCUT2D eigenvalue weighted by Gasteiger charge is 2.22. The fourth-order valence-corrected chi connectivity index (χ4v) is 3.95. The Labute approximate surface area is 158 Å². The van der Waals surface area contributed by atoms with Crippen LogP contribution in [-0.4, -0.2) is 49.6 Å². The minimum absolute atomic E-state index is 0.0188. The number of carbonyl (C=O) groups is 1. The van der Waals surface area contributed by atoms with Gasteiger partial charge in [0.1, 0.15) is 0 Å². The zero-order valence-electron chi connectivity index (χ0n) is 14.6. The minimum Gasteiger partial charge on any atom is -0.367 e. The van der Waals surface area contributed by atoms with Crippen LogP contribution in [0.25, 0.3) is 0 Å². The molecule has 0 atom stereocenters. The lowest BCUT2D eigenvalue weighted by molar-refractivity contribution is 0.208. The predicted octanol–water partition coefficient (Wildman–Crippen LogP) is 4.48. The first-order valence-electron chi connectivity index (χ1n) is 8.29. The Morgan fingerprint density at radius 3 is 2.24 bits per heavy atom. The Morgan fingerprint density at radius 1 is 0.920 bits per heavy atom. The van der Waals surface area contributed by atoms with Crippen LogP contribution in [0.5, 0.6) is 0 Å². The lowest BCUT2D eigenvalue weighted by Gasteiger charge is -2.36. The Hall–Kier alpha value is -1.79. The number of anilines is 2. The molecule has 132 valence electrons. The smallest absolute Gasteiger partial charge is 0.321 e. The van der Waals surface area contributed by atoms with E-state index in [2.05, 4.69) is 40.7 Å². The van der Waals surface area contributed by atoms with Crippen molar-refractivity contribution in [2.75, 3.05) is 48.9 Å². The number of thioether (sulfide) groups is 2. The molecule has 0 saturated carbocycles. The molecule has 0 radical (unpaired) electrons. The standard InChI is InChI=1S/C19H23N3OS2/c1-24-16-9-7-15(8-10-16)20-19(23)22-13-11-21(12-14-22)17-5-3-4-6-18(17)25-2/h3-10H,11-14H2,1-2H3,(H,20,23). The van der Waals surface area contributed by atoms with Crippen molar-refractivity contribution in [3.8, 4) is 0 Å². The number of urea groups is 1. The van der Waals surface area contributed by atoms with Crippen molar-refractivity contribution in [3.63, 3.8) is 0 Å². The van der Waals surface area contributed by atoms with Crippen LogP contribution < -0.4 is 10.2 Å². The number of amides is 2. The van der Waals surface area contributed by atoms with E-state index in [1.54, 1.807) is 23.5 Å². The summed E-state index contributed by atoms with van der Waals surface area (Å²) in [6.45, 7) is 3.18. The van der Waals surface area contributed by atoms with Gasteiger partial charge in [0.25, 0.3) is 0 Å². The zero-order valence-corrected chi connectivity index (χ0v) is 16.2. The number of nitrogens with one attached hydrogen (secondary N) is 1. The molecule has 1 saturated heterocycles. The molecular weight excluding hydrogens is 350 g/mol. The molecule has 0 spiro atoms. The van der Waals surface area contributed by atoms with Gasteiger partial charge in [-0.1, -0.05) is 12.1 Å². The third-order valence-electron chi connectivity index (χ3n) is 4.33. The van der Waals surface area contributed by atoms with Gasteiger partial charge in [-0.2, -0.15) is 0 Å². The summed E-state index contributed by atoms with van der Waals surface area (Å²) in [7, 11) is 0. The molecule has 3 rings (SSSR count). The van der Waals surface area contributed by atoms with Crippen molar-refractivity contribution in [1.29, 1.82) is 0 Å². The Bertz CT molecular complexity index is 713. The van der Waals surface area contributed by atoms with Gasteiger partial charge in [-0.15, -0.1) is 23.5 Å². The van der Waals surface area contributed by atoms with Gasteiger partial charge in [-0.25, -0.2) is 4.79 Å². The van der Waals surface area contributed by atoms with Crippen molar-refractivity contribution in [1.82, 2.24) is 4.90 Å². The van der Waals surface area contributed by atoms with Crippen molar-refractivity contribution in [3.05, 3.63) is 48.5 Å². The van der Waals surface area contributed by atoms with Crippen LogP contribution in [-0.2, 0) is 0 Å².